The van der Waals surface area contributed by atoms with Crippen molar-refractivity contribution >= 4 is 45.3 Å². The predicted octanol–water partition coefficient (Wildman–Crippen LogP) is 3.05. The van der Waals surface area contributed by atoms with E-state index in [4.69, 9.17) is 0 Å². The number of aromatic hydroxyl groups is 1. The Morgan fingerprint density at radius 2 is 1.86 bits per heavy atom. The molecule has 0 unspecified atom stereocenters. The fourth-order valence-electron chi connectivity index (χ4n) is 3.21. The molecular weight excluding hydrogens is 408 g/mol. The lowest BCUT2D eigenvalue weighted by Gasteiger charge is -2.36. The van der Waals surface area contributed by atoms with E-state index in [1.807, 2.05) is 28.5 Å². The van der Waals surface area contributed by atoms with Crippen LogP contribution in [0.15, 0.2) is 47.2 Å². The Morgan fingerprint density at radius 1 is 1.07 bits per heavy atom. The maximum absolute atomic E-state index is 12.6. The molecule has 29 heavy (non-hydrogen) atoms. The van der Waals surface area contributed by atoms with Gasteiger partial charge in [-0.25, -0.2) is 4.98 Å². The smallest absolute Gasteiger partial charge is 0.267 e. The van der Waals surface area contributed by atoms with Gasteiger partial charge in [-0.15, -0.1) is 22.7 Å². The summed E-state index contributed by atoms with van der Waals surface area (Å²) in [5.74, 6) is 0.0859. The number of nitrogens with one attached hydrogen (secondary N) is 1. The van der Waals surface area contributed by atoms with Gasteiger partial charge in [0, 0.05) is 31.6 Å². The van der Waals surface area contributed by atoms with Crippen molar-refractivity contribution in [1.29, 1.82) is 0 Å². The topological polar surface area (TPSA) is 85.8 Å². The van der Waals surface area contributed by atoms with E-state index >= 15 is 0 Å². The van der Waals surface area contributed by atoms with Gasteiger partial charge in [0.2, 0.25) is 5.91 Å². The minimum atomic E-state index is -0.187. The van der Waals surface area contributed by atoms with Crippen molar-refractivity contribution in [1.82, 2.24) is 9.88 Å². The number of thiazole rings is 1. The molecule has 1 fully saturated rings. The SMILES string of the molecule is O=C(Nc1nc(CC(=O)N2CCN(c3ccccc3O)CC2)cs1)c1cccs1. The molecule has 2 N–H and O–H groups in total. The van der Waals surface area contributed by atoms with Crippen LogP contribution in [-0.4, -0.2) is 53.0 Å². The monoisotopic (exact) mass is 428 g/mol. The Kier molecular flexibility index (Phi) is 5.77. The first-order valence-corrected chi connectivity index (χ1v) is 11.0. The van der Waals surface area contributed by atoms with Crippen LogP contribution in [0.1, 0.15) is 15.4 Å². The molecule has 0 aliphatic carbocycles. The number of anilines is 2. The second-order valence-electron chi connectivity index (χ2n) is 6.61. The van der Waals surface area contributed by atoms with Gasteiger partial charge in [0.25, 0.3) is 5.91 Å². The van der Waals surface area contributed by atoms with Crippen LogP contribution in [0, 0.1) is 0 Å². The highest BCUT2D eigenvalue weighted by molar-refractivity contribution is 7.14. The summed E-state index contributed by atoms with van der Waals surface area (Å²) in [6.07, 6.45) is 0.210. The van der Waals surface area contributed by atoms with E-state index in [-0.39, 0.29) is 24.0 Å². The summed E-state index contributed by atoms with van der Waals surface area (Å²) in [6, 6.07) is 10.8. The number of aromatic nitrogens is 1. The van der Waals surface area contributed by atoms with Crippen molar-refractivity contribution in [2.45, 2.75) is 6.42 Å². The summed E-state index contributed by atoms with van der Waals surface area (Å²) in [5, 5.41) is 16.9. The average molecular weight is 429 g/mol. The first-order chi connectivity index (χ1) is 14.1. The Hall–Kier alpha value is -2.91. The lowest BCUT2D eigenvalue weighted by Crippen LogP contribution is -2.49. The van der Waals surface area contributed by atoms with Gasteiger partial charge in [0.1, 0.15) is 5.75 Å². The maximum atomic E-state index is 12.6. The molecule has 7 nitrogen and oxygen atoms in total. The molecule has 9 heteroatoms. The normalized spacial score (nSPS) is 14.1. The quantitative estimate of drug-likeness (QED) is 0.652. The zero-order valence-electron chi connectivity index (χ0n) is 15.6. The number of carbonyl (C=O) groups is 2. The second kappa shape index (κ2) is 8.62. The molecule has 0 bridgehead atoms. The van der Waals surface area contributed by atoms with Crippen molar-refractivity contribution < 1.29 is 14.7 Å². The summed E-state index contributed by atoms with van der Waals surface area (Å²) < 4.78 is 0. The standard InChI is InChI=1S/C20H20N4O3S2/c25-16-5-2-1-4-15(16)23-7-9-24(10-8-23)18(26)12-14-13-29-20(21-14)22-19(27)17-6-3-11-28-17/h1-6,11,13,25H,7-10,12H2,(H,21,22,27). The van der Waals surface area contributed by atoms with Crippen molar-refractivity contribution in [3.8, 4) is 5.75 Å². The lowest BCUT2D eigenvalue weighted by atomic mass is 10.2. The molecule has 0 radical (unpaired) electrons. The molecule has 0 spiro atoms. The molecule has 2 aromatic heterocycles. The molecule has 1 aliphatic rings. The van der Waals surface area contributed by atoms with E-state index in [1.54, 1.807) is 23.6 Å². The highest BCUT2D eigenvalue weighted by Gasteiger charge is 2.23. The number of phenols is 1. The number of thiophene rings is 1. The number of rotatable bonds is 5. The second-order valence-corrected chi connectivity index (χ2v) is 8.41. The average Bonchev–Trinajstić information content (AvgIpc) is 3.41. The number of nitrogens with zero attached hydrogens (tertiary/aromatic N) is 3. The van der Waals surface area contributed by atoms with Crippen LogP contribution in [0.4, 0.5) is 10.8 Å². The van der Waals surface area contributed by atoms with Crippen LogP contribution in [0.25, 0.3) is 0 Å². The maximum Gasteiger partial charge on any atom is 0.267 e. The van der Waals surface area contributed by atoms with E-state index in [0.29, 0.717) is 41.9 Å². The zero-order valence-corrected chi connectivity index (χ0v) is 17.2. The summed E-state index contributed by atoms with van der Waals surface area (Å²) in [6.45, 7) is 2.53. The number of hydrogen-bond donors (Lipinski definition) is 2. The lowest BCUT2D eigenvalue weighted by molar-refractivity contribution is -0.130. The molecule has 150 valence electrons. The van der Waals surface area contributed by atoms with Crippen molar-refractivity contribution in [2.24, 2.45) is 0 Å². The zero-order chi connectivity index (χ0) is 20.2. The van der Waals surface area contributed by atoms with Crippen LogP contribution in [0.5, 0.6) is 5.75 Å². The highest BCUT2D eigenvalue weighted by Crippen LogP contribution is 2.27. The minimum absolute atomic E-state index is 0.0170. The molecule has 0 atom stereocenters. The van der Waals surface area contributed by atoms with Crippen LogP contribution in [-0.2, 0) is 11.2 Å². The van der Waals surface area contributed by atoms with Gasteiger partial charge in [-0.2, -0.15) is 0 Å². The summed E-state index contributed by atoms with van der Waals surface area (Å²) in [7, 11) is 0. The fourth-order valence-corrected chi connectivity index (χ4v) is 4.53. The molecule has 1 aromatic carbocycles. The van der Waals surface area contributed by atoms with E-state index in [2.05, 4.69) is 15.2 Å². The Morgan fingerprint density at radius 3 is 2.59 bits per heavy atom. The van der Waals surface area contributed by atoms with Crippen LogP contribution in [0.2, 0.25) is 0 Å². The van der Waals surface area contributed by atoms with Gasteiger partial charge in [0.15, 0.2) is 5.13 Å². The van der Waals surface area contributed by atoms with Gasteiger partial charge < -0.3 is 14.9 Å². The first kappa shape index (κ1) is 19.4. The number of amides is 2. The molecule has 3 heterocycles. The van der Waals surface area contributed by atoms with Crippen molar-refractivity contribution in [3.63, 3.8) is 0 Å². The van der Waals surface area contributed by atoms with Crippen molar-refractivity contribution in [2.75, 3.05) is 36.4 Å². The first-order valence-electron chi connectivity index (χ1n) is 9.20. The van der Waals surface area contributed by atoms with Crippen LogP contribution < -0.4 is 10.2 Å². The van der Waals surface area contributed by atoms with Crippen LogP contribution in [0.3, 0.4) is 0 Å². The van der Waals surface area contributed by atoms with Gasteiger partial charge >= 0.3 is 0 Å². The third-order valence-electron chi connectivity index (χ3n) is 4.70. The molecule has 0 saturated carbocycles. The minimum Gasteiger partial charge on any atom is -0.506 e. The number of phenolic OH excluding ortho intramolecular Hbond substituents is 1. The van der Waals surface area contributed by atoms with Crippen LogP contribution >= 0.6 is 22.7 Å². The summed E-state index contributed by atoms with van der Waals surface area (Å²) in [4.78, 5) is 33.6. The third kappa shape index (κ3) is 4.57. The number of para-hydroxylation sites is 2. The summed E-state index contributed by atoms with van der Waals surface area (Å²) in [5.41, 5.74) is 1.45. The third-order valence-corrected chi connectivity index (χ3v) is 6.38. The Balaban J connectivity index is 1.30. The van der Waals surface area contributed by atoms with E-state index in [9.17, 15) is 14.7 Å². The highest BCUT2D eigenvalue weighted by atomic mass is 32.1. The molecule has 1 saturated heterocycles. The largest absolute Gasteiger partial charge is 0.506 e. The Bertz CT molecular complexity index is 995. The van der Waals surface area contributed by atoms with Gasteiger partial charge in [-0.1, -0.05) is 18.2 Å². The molecular formula is C20H20N4O3S2. The summed E-state index contributed by atoms with van der Waals surface area (Å²) >= 11 is 2.69. The molecule has 2 amide bonds. The van der Waals surface area contributed by atoms with Crippen molar-refractivity contribution in [3.05, 3.63) is 57.7 Å². The number of carbonyl (C=O) groups excluding carboxylic acids is 2. The number of piperazine rings is 1. The molecule has 1 aliphatic heterocycles. The van der Waals surface area contributed by atoms with Gasteiger partial charge in [0.05, 0.1) is 22.7 Å². The van der Waals surface area contributed by atoms with E-state index < -0.39 is 0 Å². The van der Waals surface area contributed by atoms with Gasteiger partial charge in [-0.05, 0) is 23.6 Å². The predicted molar refractivity (Wildman–Crippen MR) is 115 cm³/mol. The van der Waals surface area contributed by atoms with Gasteiger partial charge in [-0.3, -0.25) is 14.9 Å². The fraction of sp³-hybridized carbons (Fsp3) is 0.250. The van der Waals surface area contributed by atoms with E-state index in [0.717, 1.165) is 5.69 Å². The number of hydrogen-bond acceptors (Lipinski definition) is 7. The Labute approximate surface area is 176 Å². The molecule has 4 rings (SSSR count). The number of benzene rings is 1. The molecule has 3 aromatic rings. The van der Waals surface area contributed by atoms with E-state index in [1.165, 1.54) is 22.7 Å².